The number of hydrogen-bond acceptors (Lipinski definition) is 7. The van der Waals surface area contributed by atoms with Crippen LogP contribution in [0.1, 0.15) is 13.8 Å². The van der Waals surface area contributed by atoms with E-state index in [1.54, 1.807) is 6.92 Å². The van der Waals surface area contributed by atoms with Crippen molar-refractivity contribution in [1.82, 2.24) is 0 Å². The fourth-order valence-electron chi connectivity index (χ4n) is 2.08. The molecule has 6 atom stereocenters. The first-order valence-corrected chi connectivity index (χ1v) is 5.21. The number of nitrogens with zero attached hydrogens (tertiary/aromatic N) is 1. The summed E-state index contributed by atoms with van der Waals surface area (Å²) in [7, 11) is 0. The van der Waals surface area contributed by atoms with Crippen molar-refractivity contribution in [2.45, 2.75) is 50.2 Å². The highest BCUT2D eigenvalue weighted by atomic mass is 16.7. The molecule has 16 heavy (non-hydrogen) atoms. The Hall–Kier alpha value is -0.600. The van der Waals surface area contributed by atoms with Gasteiger partial charge in [0.2, 0.25) is 5.91 Å². The zero-order valence-electron chi connectivity index (χ0n) is 9.20. The maximum Gasteiger partial charge on any atom is 0.222 e. The van der Waals surface area contributed by atoms with Gasteiger partial charge in [-0.2, -0.15) is 4.91 Å². The summed E-state index contributed by atoms with van der Waals surface area (Å²) in [5, 5.41) is 12.7. The van der Waals surface area contributed by atoms with Crippen LogP contribution in [0.4, 0.5) is 0 Å². The molecule has 2 aliphatic rings. The Morgan fingerprint density at radius 1 is 1.56 bits per heavy atom. The van der Waals surface area contributed by atoms with Gasteiger partial charge in [0.1, 0.15) is 24.4 Å². The molecule has 2 rings (SSSR count). The van der Waals surface area contributed by atoms with Crippen LogP contribution in [0.5, 0.6) is 0 Å². The van der Waals surface area contributed by atoms with Gasteiger partial charge in [-0.3, -0.25) is 5.73 Å². The first-order valence-electron chi connectivity index (χ1n) is 5.21. The van der Waals surface area contributed by atoms with Crippen LogP contribution in [-0.2, 0) is 14.2 Å². The molecule has 0 amide bonds. The maximum absolute atomic E-state index is 10.8. The first kappa shape index (κ1) is 11.9. The van der Waals surface area contributed by atoms with E-state index in [0.717, 1.165) is 0 Å². The number of hydrogen-bond donors (Lipinski definition) is 2. The van der Waals surface area contributed by atoms with E-state index >= 15 is 0 Å². The van der Waals surface area contributed by atoms with Crippen LogP contribution in [0.25, 0.3) is 0 Å². The third-order valence-corrected chi connectivity index (χ3v) is 2.95. The highest BCUT2D eigenvalue weighted by Crippen LogP contribution is 2.31. The van der Waals surface area contributed by atoms with E-state index in [-0.39, 0.29) is 6.61 Å². The summed E-state index contributed by atoms with van der Waals surface area (Å²) in [5.74, 6) is -1.27. The average Bonchev–Trinajstić information content (AvgIpc) is 2.20. The molecule has 7 nitrogen and oxygen atoms in total. The molecule has 0 bridgehead atoms. The molecule has 2 saturated heterocycles. The molecule has 7 heteroatoms. The van der Waals surface area contributed by atoms with Gasteiger partial charge >= 0.3 is 0 Å². The molecule has 2 heterocycles. The number of aliphatic hydroxyl groups excluding tert-OH is 1. The minimum atomic E-state index is -1.27. The molecule has 0 aromatic rings. The minimum absolute atomic E-state index is 0.223. The van der Waals surface area contributed by atoms with Crippen LogP contribution in [0.3, 0.4) is 0 Å². The highest BCUT2D eigenvalue weighted by Gasteiger charge is 2.50. The lowest BCUT2D eigenvalue weighted by molar-refractivity contribution is -0.343. The Labute approximate surface area is 92.8 Å². The number of ether oxygens (including phenoxy) is 3. The molecule has 0 radical (unpaired) electrons. The quantitative estimate of drug-likeness (QED) is 0.580. The molecule has 0 saturated carbocycles. The van der Waals surface area contributed by atoms with Gasteiger partial charge in [-0.25, -0.2) is 0 Å². The van der Waals surface area contributed by atoms with E-state index in [1.165, 1.54) is 6.92 Å². The lowest BCUT2D eigenvalue weighted by Gasteiger charge is -2.47. The van der Waals surface area contributed by atoms with E-state index in [4.69, 9.17) is 19.9 Å². The normalized spacial score (nSPS) is 53.1. The number of nitrogens with two attached hydrogens (primary N) is 1. The zero-order chi connectivity index (χ0) is 11.9. The summed E-state index contributed by atoms with van der Waals surface area (Å²) in [6.45, 7) is 3.44. The van der Waals surface area contributed by atoms with Gasteiger partial charge in [-0.15, -0.1) is 0 Å². The van der Waals surface area contributed by atoms with Crippen molar-refractivity contribution in [1.29, 1.82) is 0 Å². The van der Waals surface area contributed by atoms with Crippen molar-refractivity contribution >= 4 is 0 Å². The van der Waals surface area contributed by atoms with Crippen LogP contribution < -0.4 is 5.73 Å². The van der Waals surface area contributed by atoms with Crippen LogP contribution >= 0.6 is 0 Å². The predicted molar refractivity (Wildman–Crippen MR) is 53.3 cm³/mol. The second-order valence-corrected chi connectivity index (χ2v) is 4.38. The molecule has 92 valence electrons. The summed E-state index contributed by atoms with van der Waals surface area (Å²) in [4.78, 5) is 10.8. The van der Waals surface area contributed by atoms with Gasteiger partial charge in [0, 0.05) is 6.92 Å². The monoisotopic (exact) mass is 232 g/mol. The molecule has 2 fully saturated rings. The standard InChI is InChI=1S/C9H16N2O5/c1-4-7(12)6(11-13)8-5(15-4)3-14-9(2,10)16-8/h4-8,12H,3,10H2,1-2H3/t4?,5?,6?,7?,8-,9-/m1/s1. The summed E-state index contributed by atoms with van der Waals surface area (Å²) >= 11 is 0. The van der Waals surface area contributed by atoms with Crippen molar-refractivity contribution in [2.75, 3.05) is 6.61 Å². The van der Waals surface area contributed by atoms with Crippen LogP contribution in [0, 0.1) is 4.91 Å². The lowest BCUT2D eigenvalue weighted by atomic mass is 9.93. The van der Waals surface area contributed by atoms with Crippen molar-refractivity contribution in [3.63, 3.8) is 0 Å². The smallest absolute Gasteiger partial charge is 0.222 e. The Morgan fingerprint density at radius 3 is 2.88 bits per heavy atom. The van der Waals surface area contributed by atoms with E-state index in [9.17, 15) is 10.0 Å². The highest BCUT2D eigenvalue weighted by molar-refractivity contribution is 4.98. The largest absolute Gasteiger partial charge is 0.388 e. The van der Waals surface area contributed by atoms with Gasteiger partial charge in [0.05, 0.1) is 12.7 Å². The van der Waals surface area contributed by atoms with Crippen LogP contribution in [0.15, 0.2) is 5.18 Å². The summed E-state index contributed by atoms with van der Waals surface area (Å²) in [5.41, 5.74) is 5.66. The first-order chi connectivity index (χ1) is 7.44. The zero-order valence-corrected chi connectivity index (χ0v) is 9.20. The number of rotatable bonds is 1. The van der Waals surface area contributed by atoms with Gasteiger partial charge in [0.15, 0.2) is 0 Å². The van der Waals surface area contributed by atoms with E-state index in [0.29, 0.717) is 0 Å². The molecule has 2 aliphatic heterocycles. The van der Waals surface area contributed by atoms with Gasteiger partial charge in [-0.05, 0) is 6.92 Å². The molecule has 0 spiro atoms. The Morgan fingerprint density at radius 2 is 2.25 bits per heavy atom. The fraction of sp³-hybridized carbons (Fsp3) is 1.00. The van der Waals surface area contributed by atoms with Crippen molar-refractivity contribution in [2.24, 2.45) is 10.9 Å². The van der Waals surface area contributed by atoms with Crippen LogP contribution in [0.2, 0.25) is 0 Å². The Bertz CT molecular complexity index is 285. The lowest BCUT2D eigenvalue weighted by Crippen LogP contribution is -2.65. The van der Waals surface area contributed by atoms with Gasteiger partial charge in [-0.1, -0.05) is 5.18 Å². The molecular weight excluding hydrogens is 216 g/mol. The number of nitroso groups, excluding NO2 is 1. The van der Waals surface area contributed by atoms with E-state index in [1.807, 2.05) is 0 Å². The van der Waals surface area contributed by atoms with Crippen LogP contribution in [-0.4, -0.2) is 48.1 Å². The maximum atomic E-state index is 10.8. The predicted octanol–water partition coefficient (Wildman–Crippen LogP) is -0.683. The van der Waals surface area contributed by atoms with E-state index < -0.39 is 36.4 Å². The van der Waals surface area contributed by atoms with E-state index in [2.05, 4.69) is 5.18 Å². The van der Waals surface area contributed by atoms with Crippen molar-refractivity contribution in [3.8, 4) is 0 Å². The molecule has 0 aliphatic carbocycles. The number of aliphatic hydroxyl groups is 1. The molecular formula is C9H16N2O5. The van der Waals surface area contributed by atoms with Gasteiger partial charge in [0.25, 0.3) is 0 Å². The van der Waals surface area contributed by atoms with Crippen molar-refractivity contribution < 1.29 is 19.3 Å². The minimum Gasteiger partial charge on any atom is -0.388 e. The molecule has 0 aromatic carbocycles. The second-order valence-electron chi connectivity index (χ2n) is 4.38. The summed E-state index contributed by atoms with van der Waals surface area (Å²) < 4.78 is 16.1. The second kappa shape index (κ2) is 4.01. The molecule has 0 aromatic heterocycles. The topological polar surface area (TPSA) is 103 Å². The summed E-state index contributed by atoms with van der Waals surface area (Å²) in [6, 6.07) is -0.875. The van der Waals surface area contributed by atoms with Gasteiger partial charge < -0.3 is 19.3 Å². The third-order valence-electron chi connectivity index (χ3n) is 2.95. The SMILES string of the molecule is CC1OC2CO[C@@](C)(N)O[C@H]2C(N=O)C1O. The molecule has 3 N–H and O–H groups in total. The summed E-state index contributed by atoms with van der Waals surface area (Å²) in [6.07, 6.45) is -2.53. The fourth-order valence-corrected chi connectivity index (χ4v) is 2.08. The van der Waals surface area contributed by atoms with Crippen molar-refractivity contribution in [3.05, 3.63) is 4.91 Å². The number of fused-ring (bicyclic) bond motifs is 1. The molecule has 4 unspecified atom stereocenters. The Kier molecular flexibility index (Phi) is 2.97. The average molecular weight is 232 g/mol. The third kappa shape index (κ3) is 1.96. The Balaban J connectivity index is 2.18.